The number of rotatable bonds is 5. The van der Waals surface area contributed by atoms with Crippen molar-refractivity contribution < 1.29 is 15.0 Å². The minimum absolute atomic E-state index is 0.232. The number of likely N-dealkylation sites (N-methyl/N-ethyl adjacent to an activating group) is 1. The van der Waals surface area contributed by atoms with Crippen LogP contribution in [0.4, 0.5) is 0 Å². The molecular formula is C11H16N2O3. The van der Waals surface area contributed by atoms with Gasteiger partial charge in [-0.3, -0.25) is 4.79 Å². The van der Waals surface area contributed by atoms with Crippen LogP contribution in [0.3, 0.4) is 0 Å². The van der Waals surface area contributed by atoms with Crippen LogP contribution in [-0.4, -0.2) is 35.8 Å². The number of amides is 1. The van der Waals surface area contributed by atoms with Gasteiger partial charge in [0.1, 0.15) is 0 Å². The third kappa shape index (κ3) is 3.43. The third-order valence-corrected chi connectivity index (χ3v) is 2.07. The summed E-state index contributed by atoms with van der Waals surface area (Å²) in [4.78, 5) is 11.5. The zero-order valence-corrected chi connectivity index (χ0v) is 9.16. The Kier molecular flexibility index (Phi) is 4.60. The molecule has 5 nitrogen and oxygen atoms in total. The van der Waals surface area contributed by atoms with E-state index in [1.54, 1.807) is 0 Å². The molecule has 1 aromatic rings. The van der Waals surface area contributed by atoms with Crippen molar-refractivity contribution in [2.24, 2.45) is 0 Å². The van der Waals surface area contributed by atoms with Crippen molar-refractivity contribution in [2.75, 3.05) is 19.6 Å². The topological polar surface area (TPSA) is 81.6 Å². The second kappa shape index (κ2) is 5.97. The van der Waals surface area contributed by atoms with Crippen LogP contribution in [0.25, 0.3) is 0 Å². The molecule has 0 saturated heterocycles. The smallest absolute Gasteiger partial charge is 0.251 e. The van der Waals surface area contributed by atoms with Gasteiger partial charge >= 0.3 is 0 Å². The van der Waals surface area contributed by atoms with Gasteiger partial charge < -0.3 is 20.8 Å². The third-order valence-electron chi connectivity index (χ3n) is 2.07. The summed E-state index contributed by atoms with van der Waals surface area (Å²) >= 11 is 0. The van der Waals surface area contributed by atoms with Crippen molar-refractivity contribution in [3.05, 3.63) is 23.8 Å². The average molecular weight is 224 g/mol. The largest absolute Gasteiger partial charge is 0.504 e. The fraction of sp³-hybridized carbons (Fsp3) is 0.364. The quantitative estimate of drug-likeness (QED) is 0.432. The molecule has 0 bridgehead atoms. The minimum Gasteiger partial charge on any atom is -0.504 e. The van der Waals surface area contributed by atoms with Crippen molar-refractivity contribution in [1.29, 1.82) is 0 Å². The Morgan fingerprint density at radius 2 is 2.00 bits per heavy atom. The van der Waals surface area contributed by atoms with Crippen molar-refractivity contribution in [3.63, 3.8) is 0 Å². The summed E-state index contributed by atoms with van der Waals surface area (Å²) in [5.41, 5.74) is 0.326. The fourth-order valence-corrected chi connectivity index (χ4v) is 1.21. The number of hydrogen-bond acceptors (Lipinski definition) is 4. The van der Waals surface area contributed by atoms with E-state index in [1.165, 1.54) is 18.2 Å². The maximum absolute atomic E-state index is 11.5. The Balaban J connectivity index is 2.50. The predicted octanol–water partition coefficient (Wildman–Crippen LogP) is 0.437. The van der Waals surface area contributed by atoms with E-state index in [1.807, 2.05) is 6.92 Å². The molecule has 0 atom stereocenters. The Morgan fingerprint density at radius 3 is 2.62 bits per heavy atom. The minimum atomic E-state index is -0.292. The van der Waals surface area contributed by atoms with E-state index in [2.05, 4.69) is 10.6 Å². The van der Waals surface area contributed by atoms with Crippen LogP contribution in [0.5, 0.6) is 11.5 Å². The van der Waals surface area contributed by atoms with Crippen molar-refractivity contribution >= 4 is 5.91 Å². The van der Waals surface area contributed by atoms with E-state index in [-0.39, 0.29) is 17.4 Å². The first kappa shape index (κ1) is 12.3. The fourth-order valence-electron chi connectivity index (χ4n) is 1.21. The van der Waals surface area contributed by atoms with Gasteiger partial charge in [-0.1, -0.05) is 6.92 Å². The molecule has 5 heteroatoms. The summed E-state index contributed by atoms with van der Waals surface area (Å²) in [6.45, 7) is 4.07. The Morgan fingerprint density at radius 1 is 1.25 bits per heavy atom. The Labute approximate surface area is 94.1 Å². The molecule has 88 valence electrons. The van der Waals surface area contributed by atoms with Crippen LogP contribution in [0.1, 0.15) is 17.3 Å². The highest BCUT2D eigenvalue weighted by Crippen LogP contribution is 2.24. The summed E-state index contributed by atoms with van der Waals surface area (Å²) in [5.74, 6) is -0.795. The lowest BCUT2D eigenvalue weighted by molar-refractivity contribution is 0.0953. The molecule has 1 amide bonds. The molecule has 0 radical (unpaired) electrons. The van der Waals surface area contributed by atoms with Crippen LogP contribution in [0.2, 0.25) is 0 Å². The highest BCUT2D eigenvalue weighted by Gasteiger charge is 2.07. The molecule has 0 heterocycles. The number of phenols is 2. The molecule has 1 rings (SSSR count). The number of hydrogen-bond donors (Lipinski definition) is 4. The molecule has 0 spiro atoms. The standard InChI is InChI=1S/C11H16N2O3/c1-2-12-5-6-13-11(16)8-3-4-9(14)10(15)7-8/h3-4,7,12,14-15H,2,5-6H2,1H3,(H,13,16). The molecule has 0 aliphatic carbocycles. The zero-order chi connectivity index (χ0) is 12.0. The van der Waals surface area contributed by atoms with Gasteiger partial charge in [0.2, 0.25) is 0 Å². The van der Waals surface area contributed by atoms with Crippen LogP contribution < -0.4 is 10.6 Å². The zero-order valence-electron chi connectivity index (χ0n) is 9.16. The molecule has 0 aliphatic rings. The van der Waals surface area contributed by atoms with Crippen LogP contribution >= 0.6 is 0 Å². The lowest BCUT2D eigenvalue weighted by Crippen LogP contribution is -2.31. The van der Waals surface area contributed by atoms with Crippen molar-refractivity contribution in [3.8, 4) is 11.5 Å². The molecule has 0 saturated carbocycles. The summed E-state index contributed by atoms with van der Waals surface area (Å²) in [6.07, 6.45) is 0. The SMILES string of the molecule is CCNCCNC(=O)c1ccc(O)c(O)c1. The molecule has 1 aromatic carbocycles. The van der Waals surface area contributed by atoms with Crippen LogP contribution in [0, 0.1) is 0 Å². The van der Waals surface area contributed by atoms with E-state index >= 15 is 0 Å². The van der Waals surface area contributed by atoms with Crippen LogP contribution in [0.15, 0.2) is 18.2 Å². The lowest BCUT2D eigenvalue weighted by atomic mass is 10.2. The van der Waals surface area contributed by atoms with Gasteiger partial charge in [0.05, 0.1) is 0 Å². The molecule has 16 heavy (non-hydrogen) atoms. The predicted molar refractivity (Wildman–Crippen MR) is 60.6 cm³/mol. The summed E-state index contributed by atoms with van der Waals surface area (Å²) in [7, 11) is 0. The highest BCUT2D eigenvalue weighted by molar-refractivity contribution is 5.94. The molecule has 4 N–H and O–H groups in total. The highest BCUT2D eigenvalue weighted by atomic mass is 16.3. The molecule has 0 aliphatic heterocycles. The van der Waals surface area contributed by atoms with Crippen LogP contribution in [-0.2, 0) is 0 Å². The van der Waals surface area contributed by atoms with Gasteiger partial charge in [0.25, 0.3) is 5.91 Å². The molecule has 0 fully saturated rings. The van der Waals surface area contributed by atoms with Gasteiger partial charge in [-0.2, -0.15) is 0 Å². The molecule has 0 unspecified atom stereocenters. The maximum atomic E-state index is 11.5. The Bertz CT molecular complexity index is 366. The van der Waals surface area contributed by atoms with E-state index in [9.17, 15) is 9.90 Å². The average Bonchev–Trinajstić information content (AvgIpc) is 2.28. The number of aromatic hydroxyl groups is 2. The Hall–Kier alpha value is -1.75. The first-order chi connectivity index (χ1) is 7.65. The first-order valence-electron chi connectivity index (χ1n) is 5.16. The number of carbonyl (C=O) groups is 1. The van der Waals surface area contributed by atoms with Crippen molar-refractivity contribution in [2.45, 2.75) is 6.92 Å². The summed E-state index contributed by atoms with van der Waals surface area (Å²) in [6, 6.07) is 3.98. The van der Waals surface area contributed by atoms with Gasteiger partial charge in [-0.25, -0.2) is 0 Å². The first-order valence-corrected chi connectivity index (χ1v) is 5.16. The van der Waals surface area contributed by atoms with Gasteiger partial charge in [0, 0.05) is 18.7 Å². The van der Waals surface area contributed by atoms with Crippen molar-refractivity contribution in [1.82, 2.24) is 10.6 Å². The molecular weight excluding hydrogens is 208 g/mol. The number of nitrogens with one attached hydrogen (secondary N) is 2. The monoisotopic (exact) mass is 224 g/mol. The lowest BCUT2D eigenvalue weighted by Gasteiger charge is -2.06. The number of benzene rings is 1. The number of carbonyl (C=O) groups excluding carboxylic acids is 1. The normalized spacial score (nSPS) is 10.1. The number of phenolic OH excluding ortho intramolecular Hbond substituents is 2. The van der Waals surface area contributed by atoms with E-state index in [0.29, 0.717) is 18.7 Å². The van der Waals surface area contributed by atoms with Gasteiger partial charge in [-0.15, -0.1) is 0 Å². The second-order valence-corrected chi connectivity index (χ2v) is 3.31. The maximum Gasteiger partial charge on any atom is 0.251 e. The summed E-state index contributed by atoms with van der Waals surface area (Å²) in [5, 5.41) is 24.1. The molecule has 0 aromatic heterocycles. The van der Waals surface area contributed by atoms with E-state index < -0.39 is 0 Å². The second-order valence-electron chi connectivity index (χ2n) is 3.31. The van der Waals surface area contributed by atoms with E-state index in [0.717, 1.165) is 6.54 Å². The van der Waals surface area contributed by atoms with Gasteiger partial charge in [-0.05, 0) is 24.7 Å². The van der Waals surface area contributed by atoms with E-state index in [4.69, 9.17) is 5.11 Å². The summed E-state index contributed by atoms with van der Waals surface area (Å²) < 4.78 is 0. The van der Waals surface area contributed by atoms with Gasteiger partial charge in [0.15, 0.2) is 11.5 Å².